The van der Waals surface area contributed by atoms with Gasteiger partial charge in [0.25, 0.3) is 0 Å². The number of phenols is 1. The first-order chi connectivity index (χ1) is 15.5. The summed E-state index contributed by atoms with van der Waals surface area (Å²) < 4.78 is 5.99. The summed E-state index contributed by atoms with van der Waals surface area (Å²) in [6.07, 6.45) is 2.23. The average Bonchev–Trinajstić information content (AvgIpc) is 3.04. The molecule has 0 aromatic heterocycles. The fourth-order valence-electron chi connectivity index (χ4n) is 5.68. The molecule has 32 heavy (non-hydrogen) atoms. The van der Waals surface area contributed by atoms with Gasteiger partial charge in [0.2, 0.25) is 11.8 Å². The second-order valence-corrected chi connectivity index (χ2v) is 8.90. The number of benzene rings is 2. The Hall–Kier alpha value is -2.90. The Morgan fingerprint density at radius 3 is 2.44 bits per heavy atom. The Morgan fingerprint density at radius 2 is 1.75 bits per heavy atom. The van der Waals surface area contributed by atoms with E-state index in [9.17, 15) is 19.7 Å². The van der Waals surface area contributed by atoms with Gasteiger partial charge in [0, 0.05) is 0 Å². The molecule has 0 spiro atoms. The van der Waals surface area contributed by atoms with Crippen molar-refractivity contribution >= 4 is 24.6 Å². The zero-order valence-corrected chi connectivity index (χ0v) is 18.0. The minimum Gasteiger partial charge on any atom is -0.508 e. The number of para-hydroxylation sites is 1. The summed E-state index contributed by atoms with van der Waals surface area (Å²) in [5.74, 6) is -1.36. The number of hydrogen-bond donors (Lipinski definition) is 2. The highest BCUT2D eigenvalue weighted by Crippen LogP contribution is 2.52. The van der Waals surface area contributed by atoms with Gasteiger partial charge in [0.05, 0.1) is 23.6 Å². The molecule has 2 aromatic rings. The third-order valence-electron chi connectivity index (χ3n) is 7.04. The Balaban J connectivity index is 1.54. The number of carbonyl (C=O) groups excluding carboxylic acids is 2. The quantitative estimate of drug-likeness (QED) is 0.568. The molecule has 1 aliphatic carbocycles. The van der Waals surface area contributed by atoms with Crippen molar-refractivity contribution < 1.29 is 24.4 Å². The van der Waals surface area contributed by atoms with E-state index in [1.54, 1.807) is 36.4 Å². The highest BCUT2D eigenvalue weighted by molar-refractivity contribution is 6.53. The monoisotopic (exact) mass is 431 g/mol. The summed E-state index contributed by atoms with van der Waals surface area (Å²) in [5.41, 5.74) is 3.26. The summed E-state index contributed by atoms with van der Waals surface area (Å²) in [6, 6.07) is 15.8. The fourth-order valence-corrected chi connectivity index (χ4v) is 5.68. The largest absolute Gasteiger partial charge is 0.508 e. The molecule has 2 aromatic carbocycles. The lowest BCUT2D eigenvalue weighted by Crippen LogP contribution is -2.44. The molecule has 3 aliphatic rings. The van der Waals surface area contributed by atoms with Gasteiger partial charge in [-0.25, -0.2) is 0 Å². The number of imide groups is 1. The van der Waals surface area contributed by atoms with Crippen molar-refractivity contribution in [2.75, 3.05) is 4.90 Å². The first-order valence-electron chi connectivity index (χ1n) is 11.3. The van der Waals surface area contributed by atoms with Crippen LogP contribution in [0.4, 0.5) is 5.69 Å². The molecule has 0 radical (unpaired) electrons. The van der Waals surface area contributed by atoms with Crippen molar-refractivity contribution in [1.82, 2.24) is 0 Å². The lowest BCUT2D eigenvalue weighted by molar-refractivity contribution is -0.123. The number of amides is 2. The van der Waals surface area contributed by atoms with E-state index < -0.39 is 25.1 Å². The number of rotatable bonds is 4. The Morgan fingerprint density at radius 1 is 1.03 bits per heavy atom. The van der Waals surface area contributed by atoms with Crippen LogP contribution in [0, 0.1) is 17.8 Å². The molecule has 2 fully saturated rings. The first-order valence-corrected chi connectivity index (χ1v) is 11.3. The molecule has 4 atom stereocenters. The topological polar surface area (TPSA) is 87.1 Å². The van der Waals surface area contributed by atoms with Gasteiger partial charge in [-0.3, -0.25) is 14.5 Å². The van der Waals surface area contributed by atoms with Gasteiger partial charge in [-0.15, -0.1) is 0 Å². The second-order valence-electron chi connectivity index (χ2n) is 8.90. The van der Waals surface area contributed by atoms with Crippen LogP contribution in [0.1, 0.15) is 44.3 Å². The molecule has 0 unspecified atom stereocenters. The molecule has 0 bridgehead atoms. The van der Waals surface area contributed by atoms with E-state index in [2.05, 4.69) is 6.92 Å². The maximum absolute atomic E-state index is 13.6. The molecule has 164 valence electrons. The van der Waals surface area contributed by atoms with Crippen LogP contribution in [0.15, 0.2) is 65.6 Å². The van der Waals surface area contributed by atoms with E-state index in [4.69, 9.17) is 4.65 Å². The summed E-state index contributed by atoms with van der Waals surface area (Å²) in [6.45, 7) is 2.07. The highest BCUT2D eigenvalue weighted by Gasteiger charge is 2.58. The van der Waals surface area contributed by atoms with Crippen molar-refractivity contribution in [1.29, 1.82) is 0 Å². The lowest BCUT2D eigenvalue weighted by Gasteiger charge is -2.42. The van der Waals surface area contributed by atoms with Crippen LogP contribution >= 0.6 is 0 Å². The molecular weight excluding hydrogens is 405 g/mol. The molecule has 5 rings (SSSR count). The number of anilines is 1. The lowest BCUT2D eigenvalue weighted by atomic mass is 9.54. The summed E-state index contributed by atoms with van der Waals surface area (Å²) in [4.78, 5) is 28.3. The predicted octanol–water partition coefficient (Wildman–Crippen LogP) is 3.80. The van der Waals surface area contributed by atoms with E-state index in [1.807, 2.05) is 18.2 Å². The van der Waals surface area contributed by atoms with Gasteiger partial charge >= 0.3 is 7.12 Å². The van der Waals surface area contributed by atoms with E-state index in [-0.39, 0.29) is 23.5 Å². The highest BCUT2D eigenvalue weighted by atomic mass is 16.5. The predicted molar refractivity (Wildman–Crippen MR) is 120 cm³/mol. The van der Waals surface area contributed by atoms with Gasteiger partial charge in [-0.05, 0) is 60.5 Å². The molecule has 0 saturated carbocycles. The van der Waals surface area contributed by atoms with Crippen molar-refractivity contribution in [2.45, 2.75) is 38.7 Å². The van der Waals surface area contributed by atoms with Gasteiger partial charge in [0.1, 0.15) is 5.75 Å². The van der Waals surface area contributed by atoms with E-state index in [0.717, 1.165) is 29.5 Å². The van der Waals surface area contributed by atoms with Gasteiger partial charge in [-0.1, -0.05) is 49.2 Å². The van der Waals surface area contributed by atoms with Crippen LogP contribution in [0.25, 0.3) is 0 Å². The molecule has 7 heteroatoms. The van der Waals surface area contributed by atoms with Crippen LogP contribution in [-0.4, -0.2) is 29.1 Å². The number of phenolic OH excluding ortho intramolecular Hbond substituents is 1. The van der Waals surface area contributed by atoms with Crippen LogP contribution in [0.3, 0.4) is 0 Å². The summed E-state index contributed by atoms with van der Waals surface area (Å²) >= 11 is 0. The normalized spacial score (nSPS) is 27.6. The van der Waals surface area contributed by atoms with Crippen LogP contribution in [-0.2, 0) is 14.2 Å². The SMILES string of the molecule is CCCC1=C2B(O)O[C@H](c3ccc(O)cc3)C[C@H]2[C@H]2C(=O)N(c3ccccc3)C(=O)[C@H]2C1. The smallest absolute Gasteiger partial charge is 0.487 e. The number of allylic oxidation sites excluding steroid dienone is 2. The first kappa shape index (κ1) is 21.0. The van der Waals surface area contributed by atoms with Gasteiger partial charge in [-0.2, -0.15) is 0 Å². The molecule has 2 heterocycles. The number of carbonyl (C=O) groups is 2. The molecule has 2 saturated heterocycles. The van der Waals surface area contributed by atoms with E-state index in [1.165, 1.54) is 4.90 Å². The zero-order valence-electron chi connectivity index (χ0n) is 18.0. The Kier molecular flexibility index (Phi) is 5.39. The third-order valence-corrected chi connectivity index (χ3v) is 7.04. The Labute approximate surface area is 187 Å². The number of fused-ring (bicyclic) bond motifs is 3. The molecule has 2 aliphatic heterocycles. The summed E-state index contributed by atoms with van der Waals surface area (Å²) in [5, 5.41) is 20.6. The number of aromatic hydroxyl groups is 1. The molecule has 2 amide bonds. The van der Waals surface area contributed by atoms with Crippen molar-refractivity contribution in [2.24, 2.45) is 17.8 Å². The maximum atomic E-state index is 13.6. The van der Waals surface area contributed by atoms with Gasteiger partial charge in [0.15, 0.2) is 0 Å². The van der Waals surface area contributed by atoms with Crippen LogP contribution in [0.2, 0.25) is 0 Å². The minimum atomic E-state index is -1.11. The third kappa shape index (κ3) is 3.36. The standard InChI is InChI=1S/C25H26BNO5/c1-2-6-16-13-20-22(25(30)27(24(20)29)17-7-4-3-5-8-17)19-14-21(32-26(31)23(16)19)15-9-11-18(28)12-10-15/h3-5,7-12,19-22,28,31H,2,6,13-14H2,1H3/t19-,20-,21-,22+/m0/s1. The maximum Gasteiger partial charge on any atom is 0.487 e. The van der Waals surface area contributed by atoms with Gasteiger partial charge < -0.3 is 14.8 Å². The second kappa shape index (κ2) is 8.22. The fraction of sp³-hybridized carbons (Fsp3) is 0.360. The van der Waals surface area contributed by atoms with E-state index >= 15 is 0 Å². The molecular formula is C25H26BNO5. The van der Waals surface area contributed by atoms with Crippen LogP contribution < -0.4 is 4.90 Å². The van der Waals surface area contributed by atoms with E-state index in [0.29, 0.717) is 18.5 Å². The average molecular weight is 431 g/mol. The number of hydrogen-bond acceptors (Lipinski definition) is 5. The summed E-state index contributed by atoms with van der Waals surface area (Å²) in [7, 11) is -1.11. The zero-order chi connectivity index (χ0) is 22.4. The molecule has 6 nitrogen and oxygen atoms in total. The molecule has 2 N–H and O–H groups in total. The van der Waals surface area contributed by atoms with Crippen molar-refractivity contribution in [3.05, 3.63) is 71.2 Å². The number of nitrogens with zero attached hydrogens (tertiary/aromatic N) is 1. The van der Waals surface area contributed by atoms with Crippen molar-refractivity contribution in [3.63, 3.8) is 0 Å². The minimum absolute atomic E-state index is 0.152. The van der Waals surface area contributed by atoms with Crippen molar-refractivity contribution in [3.8, 4) is 5.75 Å². The van der Waals surface area contributed by atoms with Crippen LogP contribution in [0.5, 0.6) is 5.75 Å². The Bertz CT molecular complexity index is 1070.